The molecule has 0 aliphatic carbocycles. The lowest BCUT2D eigenvalue weighted by Crippen LogP contribution is -2.02. The number of aromatic nitrogens is 4. The van der Waals surface area contributed by atoms with Crippen molar-refractivity contribution in [2.75, 3.05) is 0 Å². The lowest BCUT2D eigenvalue weighted by Gasteiger charge is -2.22. The summed E-state index contributed by atoms with van der Waals surface area (Å²) in [5.41, 5.74) is 7.22. The number of nitrogens with zero attached hydrogens (tertiary/aromatic N) is 4. The van der Waals surface area contributed by atoms with Crippen LogP contribution in [0, 0.1) is 0 Å². The third kappa shape index (κ3) is 4.41. The molecule has 0 aliphatic rings. The number of hydrogen-bond acceptors (Lipinski definition) is 3. The van der Waals surface area contributed by atoms with Crippen LogP contribution in [0.2, 0.25) is 0 Å². The SMILES string of the molecule is CC(C)c1c(C(C)C)c2cc(Oc3ccc4c5ccccc5n(-c5cc6ccccc6cn5)c4c3)cc3c2c2c1cccc2n3-c1ccccn1. The third-order valence-corrected chi connectivity index (χ3v) is 10.5. The number of fused-ring (bicyclic) bond motifs is 4. The van der Waals surface area contributed by atoms with Gasteiger partial charge in [0, 0.05) is 51.5 Å². The van der Waals surface area contributed by atoms with Gasteiger partial charge in [-0.05, 0) is 87.7 Å². The van der Waals surface area contributed by atoms with E-state index in [0.717, 1.165) is 61.4 Å². The van der Waals surface area contributed by atoms with Gasteiger partial charge in [0.25, 0.3) is 0 Å². The molecule has 0 unspecified atom stereocenters. The predicted octanol–water partition coefficient (Wildman–Crippen LogP) is 12.5. The van der Waals surface area contributed by atoms with Crippen molar-refractivity contribution >= 4 is 65.2 Å². The number of rotatable bonds is 6. The van der Waals surface area contributed by atoms with E-state index in [1.54, 1.807) is 0 Å². The van der Waals surface area contributed by atoms with E-state index in [0.29, 0.717) is 11.8 Å². The molecule has 0 N–H and O–H groups in total. The number of benzene rings is 6. The minimum Gasteiger partial charge on any atom is -0.457 e. The minimum absolute atomic E-state index is 0.323. The van der Waals surface area contributed by atoms with Crippen molar-refractivity contribution in [2.45, 2.75) is 39.5 Å². The molecule has 0 amide bonds. The molecule has 0 radical (unpaired) electrons. The summed E-state index contributed by atoms with van der Waals surface area (Å²) in [5, 5.41) is 9.76. The van der Waals surface area contributed by atoms with Gasteiger partial charge < -0.3 is 4.74 Å². The van der Waals surface area contributed by atoms with Gasteiger partial charge >= 0.3 is 0 Å². The highest BCUT2D eigenvalue weighted by molar-refractivity contribution is 6.26. The van der Waals surface area contributed by atoms with Crippen LogP contribution in [0.4, 0.5) is 0 Å². The highest BCUT2D eigenvalue weighted by atomic mass is 16.5. The molecule has 10 rings (SSSR count). The highest BCUT2D eigenvalue weighted by Gasteiger charge is 2.26. The molecule has 4 heterocycles. The first-order valence-corrected chi connectivity index (χ1v) is 17.8. The molecular formula is C46H36N4O. The summed E-state index contributed by atoms with van der Waals surface area (Å²) in [6, 6.07) is 42.8. The standard InChI is InChI=1S/C46H36N4O/c1-27(2)43-35-15-11-17-38-45(35)46-36(44(43)28(3)4)23-32(25-40(46)50(38)41-18-9-10-21-47-41)51-31-19-20-34-33-14-7-8-16-37(33)49(39(34)24-31)42-22-29-12-5-6-13-30(29)26-48-42/h5-28H,1-4H3. The van der Waals surface area contributed by atoms with Crippen molar-refractivity contribution in [1.82, 2.24) is 19.1 Å². The molecule has 51 heavy (non-hydrogen) atoms. The van der Waals surface area contributed by atoms with Gasteiger partial charge in [0.15, 0.2) is 0 Å². The molecule has 246 valence electrons. The quantitative estimate of drug-likeness (QED) is 0.167. The van der Waals surface area contributed by atoms with Gasteiger partial charge in [-0.3, -0.25) is 9.13 Å². The van der Waals surface area contributed by atoms with Crippen molar-refractivity contribution in [3.63, 3.8) is 0 Å². The van der Waals surface area contributed by atoms with Crippen LogP contribution in [0.5, 0.6) is 11.5 Å². The molecule has 0 atom stereocenters. The zero-order chi connectivity index (χ0) is 34.4. The molecule has 0 aliphatic heterocycles. The summed E-state index contributed by atoms with van der Waals surface area (Å²) in [5.74, 6) is 4.02. The fraction of sp³-hybridized carbons (Fsp3) is 0.130. The van der Waals surface area contributed by atoms with Crippen LogP contribution < -0.4 is 4.74 Å². The van der Waals surface area contributed by atoms with Crippen molar-refractivity contribution < 1.29 is 4.74 Å². The molecule has 5 nitrogen and oxygen atoms in total. The summed E-state index contributed by atoms with van der Waals surface area (Å²) < 4.78 is 11.5. The van der Waals surface area contributed by atoms with Crippen LogP contribution in [0.1, 0.15) is 50.7 Å². The van der Waals surface area contributed by atoms with Crippen LogP contribution in [0.15, 0.2) is 134 Å². The minimum atomic E-state index is 0.323. The average Bonchev–Trinajstić information content (AvgIpc) is 3.66. The summed E-state index contributed by atoms with van der Waals surface area (Å²) in [6.45, 7) is 9.25. The zero-order valence-electron chi connectivity index (χ0n) is 29.1. The maximum atomic E-state index is 6.94. The molecule has 10 aromatic rings. The molecule has 0 bridgehead atoms. The number of para-hydroxylation sites is 1. The predicted molar refractivity (Wildman–Crippen MR) is 212 cm³/mol. The van der Waals surface area contributed by atoms with Gasteiger partial charge in [0.05, 0.1) is 22.1 Å². The molecule has 0 fully saturated rings. The Morgan fingerprint density at radius 1 is 0.471 bits per heavy atom. The Labute approximate surface area is 295 Å². The van der Waals surface area contributed by atoms with Crippen molar-refractivity contribution in [2.24, 2.45) is 0 Å². The Bertz CT molecular complexity index is 2950. The monoisotopic (exact) mass is 660 g/mol. The molecule has 5 heteroatoms. The van der Waals surface area contributed by atoms with E-state index < -0.39 is 0 Å². The lowest BCUT2D eigenvalue weighted by atomic mass is 9.82. The van der Waals surface area contributed by atoms with Crippen LogP contribution in [0.3, 0.4) is 0 Å². The van der Waals surface area contributed by atoms with Gasteiger partial charge in [-0.15, -0.1) is 0 Å². The third-order valence-electron chi connectivity index (χ3n) is 10.5. The first kappa shape index (κ1) is 29.7. The maximum Gasteiger partial charge on any atom is 0.138 e. The normalized spacial score (nSPS) is 12.3. The maximum absolute atomic E-state index is 6.94. The summed E-state index contributed by atoms with van der Waals surface area (Å²) in [6.07, 6.45) is 3.83. The van der Waals surface area contributed by atoms with Gasteiger partial charge in [0.1, 0.15) is 23.1 Å². The smallest absolute Gasteiger partial charge is 0.138 e. The molecule has 6 aromatic carbocycles. The van der Waals surface area contributed by atoms with Gasteiger partial charge in [-0.1, -0.05) is 88.4 Å². The number of pyridine rings is 2. The second-order valence-corrected chi connectivity index (χ2v) is 14.2. The van der Waals surface area contributed by atoms with Crippen molar-refractivity contribution in [1.29, 1.82) is 0 Å². The van der Waals surface area contributed by atoms with E-state index >= 15 is 0 Å². The first-order chi connectivity index (χ1) is 25.0. The Balaban J connectivity index is 1.22. The van der Waals surface area contributed by atoms with E-state index in [1.165, 1.54) is 38.1 Å². The molecular weight excluding hydrogens is 625 g/mol. The second-order valence-electron chi connectivity index (χ2n) is 14.2. The van der Waals surface area contributed by atoms with E-state index in [1.807, 2.05) is 18.5 Å². The summed E-state index contributed by atoms with van der Waals surface area (Å²) >= 11 is 0. The highest BCUT2D eigenvalue weighted by Crippen LogP contribution is 2.48. The zero-order valence-corrected chi connectivity index (χ0v) is 29.1. The van der Waals surface area contributed by atoms with Crippen LogP contribution in [-0.2, 0) is 0 Å². The Morgan fingerprint density at radius 3 is 1.96 bits per heavy atom. The van der Waals surface area contributed by atoms with Gasteiger partial charge in [-0.2, -0.15) is 0 Å². The van der Waals surface area contributed by atoms with E-state index in [4.69, 9.17) is 14.7 Å². The summed E-state index contributed by atoms with van der Waals surface area (Å²) in [4.78, 5) is 9.77. The molecule has 0 saturated heterocycles. The fourth-order valence-electron chi connectivity index (χ4n) is 8.51. The average molecular weight is 661 g/mol. The topological polar surface area (TPSA) is 44.9 Å². The van der Waals surface area contributed by atoms with Crippen molar-refractivity contribution in [3.05, 3.63) is 145 Å². The Morgan fingerprint density at radius 2 is 1.14 bits per heavy atom. The lowest BCUT2D eigenvalue weighted by molar-refractivity contribution is 0.484. The van der Waals surface area contributed by atoms with Crippen molar-refractivity contribution in [3.8, 4) is 23.1 Å². The van der Waals surface area contributed by atoms with Crippen LogP contribution >= 0.6 is 0 Å². The number of hydrogen-bond donors (Lipinski definition) is 0. The first-order valence-electron chi connectivity index (χ1n) is 17.8. The molecule has 4 aromatic heterocycles. The van der Waals surface area contributed by atoms with Gasteiger partial charge in [-0.25, -0.2) is 9.97 Å². The molecule has 0 saturated carbocycles. The van der Waals surface area contributed by atoms with Crippen LogP contribution in [-0.4, -0.2) is 19.1 Å². The van der Waals surface area contributed by atoms with E-state index in [-0.39, 0.29) is 0 Å². The van der Waals surface area contributed by atoms with Gasteiger partial charge in [0.2, 0.25) is 0 Å². The second kappa shape index (κ2) is 11.2. The fourth-order valence-corrected chi connectivity index (χ4v) is 8.51. The Hall–Kier alpha value is -6.20. The summed E-state index contributed by atoms with van der Waals surface area (Å²) in [7, 11) is 0. The Kier molecular flexibility index (Phi) is 6.50. The van der Waals surface area contributed by atoms with E-state index in [9.17, 15) is 0 Å². The largest absolute Gasteiger partial charge is 0.457 e. The molecule has 0 spiro atoms. The van der Waals surface area contributed by atoms with E-state index in [2.05, 4.69) is 152 Å². The number of ether oxygens (including phenoxy) is 1. The van der Waals surface area contributed by atoms with Crippen LogP contribution in [0.25, 0.3) is 76.8 Å².